The summed E-state index contributed by atoms with van der Waals surface area (Å²) in [6.07, 6.45) is 0.646. The maximum Gasteiger partial charge on any atom is 0.301 e. The average molecular weight is 475 g/mol. The van der Waals surface area contributed by atoms with Crippen LogP contribution in [0, 0.1) is 5.92 Å². The molecule has 2 aliphatic rings. The topological polar surface area (TPSA) is 88.5 Å². The highest BCUT2D eigenvalue weighted by atomic mass is 35.5. The van der Waals surface area contributed by atoms with Crippen molar-refractivity contribution in [3.05, 3.63) is 52.5 Å². The number of Topliss-reactive ketones (excluding diaryl/α,β-unsaturated/α-hetero) is 1. The molecule has 0 radical (unpaired) electrons. The molecular weight excluding hydrogens is 448 g/mol. The Hall–Kier alpha value is -2.81. The number of aliphatic hydroxyl groups is 1. The van der Waals surface area contributed by atoms with Gasteiger partial charge in [0.15, 0.2) is 17.3 Å². The summed E-state index contributed by atoms with van der Waals surface area (Å²) in [5, 5.41) is 11.7. The lowest BCUT2D eigenvalue weighted by molar-refractivity contribution is -0.181. The van der Waals surface area contributed by atoms with Crippen LogP contribution in [0.25, 0.3) is 0 Å². The summed E-state index contributed by atoms with van der Waals surface area (Å²) in [5.41, 5.74) is 0.793. The summed E-state index contributed by atoms with van der Waals surface area (Å²) in [6, 6.07) is 9.14. The Morgan fingerprint density at radius 2 is 1.88 bits per heavy atom. The molecule has 8 nitrogen and oxygen atoms in total. The molecule has 33 heavy (non-hydrogen) atoms. The molecule has 2 heterocycles. The van der Waals surface area contributed by atoms with E-state index in [0.29, 0.717) is 30.0 Å². The van der Waals surface area contributed by atoms with E-state index in [1.165, 1.54) is 25.2 Å². The van der Waals surface area contributed by atoms with Gasteiger partial charge >= 0.3 is 5.79 Å². The number of carbonyl (C=O) groups is 2. The number of likely N-dealkylation sites (tertiary alicyclic amines) is 1. The molecule has 1 saturated heterocycles. The first-order chi connectivity index (χ1) is 15.7. The van der Waals surface area contributed by atoms with Gasteiger partial charge in [-0.05, 0) is 56.9 Å². The van der Waals surface area contributed by atoms with Crippen LogP contribution in [0.1, 0.15) is 28.4 Å². The molecule has 3 unspecified atom stereocenters. The van der Waals surface area contributed by atoms with Gasteiger partial charge in [0.05, 0.1) is 30.8 Å². The molecule has 9 heteroatoms. The highest BCUT2D eigenvalue weighted by molar-refractivity contribution is 6.34. The molecule has 0 aromatic heterocycles. The third-order valence-corrected chi connectivity index (χ3v) is 6.48. The SMILES string of the molecule is COc1ccc(C2C3C(=O)c4c(Cl)cccc4OC3(O)C(=O)N2CCCN(C)C)cc1OC. The molecule has 176 valence electrons. The minimum Gasteiger partial charge on any atom is -0.493 e. The van der Waals surface area contributed by atoms with Crippen LogP contribution in [0.15, 0.2) is 36.4 Å². The number of hydrogen-bond donors (Lipinski definition) is 1. The van der Waals surface area contributed by atoms with Crippen molar-refractivity contribution in [3.8, 4) is 17.2 Å². The lowest BCUT2D eigenvalue weighted by atomic mass is 9.81. The van der Waals surface area contributed by atoms with Crippen molar-refractivity contribution in [1.29, 1.82) is 0 Å². The third-order valence-electron chi connectivity index (χ3n) is 6.16. The van der Waals surface area contributed by atoms with E-state index in [1.807, 2.05) is 19.0 Å². The zero-order valence-corrected chi connectivity index (χ0v) is 19.8. The fourth-order valence-electron chi connectivity index (χ4n) is 4.65. The Bertz CT molecular complexity index is 1090. The van der Waals surface area contributed by atoms with Crippen molar-refractivity contribution in [2.24, 2.45) is 5.92 Å². The second kappa shape index (κ2) is 8.85. The van der Waals surface area contributed by atoms with Crippen LogP contribution in [0.3, 0.4) is 0 Å². The molecule has 0 spiro atoms. The molecule has 4 rings (SSSR count). The highest BCUT2D eigenvalue weighted by Gasteiger charge is 2.66. The number of ketones is 1. The molecular formula is C24H27ClN2O6. The van der Waals surface area contributed by atoms with Crippen LogP contribution in [-0.4, -0.2) is 73.8 Å². The number of halogens is 1. The summed E-state index contributed by atoms with van der Waals surface area (Å²) < 4.78 is 16.6. The average Bonchev–Trinajstić information content (AvgIpc) is 3.00. The van der Waals surface area contributed by atoms with E-state index in [1.54, 1.807) is 30.3 Å². The molecule has 2 aliphatic heterocycles. The monoisotopic (exact) mass is 474 g/mol. The van der Waals surface area contributed by atoms with E-state index in [9.17, 15) is 14.7 Å². The van der Waals surface area contributed by atoms with Crippen LogP contribution in [0.4, 0.5) is 0 Å². The van der Waals surface area contributed by atoms with Gasteiger partial charge in [-0.25, -0.2) is 0 Å². The second-order valence-electron chi connectivity index (χ2n) is 8.47. The van der Waals surface area contributed by atoms with E-state index in [0.717, 1.165) is 6.54 Å². The van der Waals surface area contributed by atoms with Gasteiger partial charge in [-0.3, -0.25) is 9.59 Å². The lowest BCUT2D eigenvalue weighted by Crippen LogP contribution is -2.53. The third kappa shape index (κ3) is 3.82. The van der Waals surface area contributed by atoms with Crippen molar-refractivity contribution in [1.82, 2.24) is 9.80 Å². The Kier molecular flexibility index (Phi) is 6.26. The van der Waals surface area contributed by atoms with Crippen molar-refractivity contribution < 1.29 is 28.9 Å². The number of carbonyl (C=O) groups excluding carboxylic acids is 2. The number of rotatable bonds is 7. The molecule has 3 atom stereocenters. The summed E-state index contributed by atoms with van der Waals surface area (Å²) in [5.74, 6) is -3.55. The number of benzene rings is 2. The number of hydrogen-bond acceptors (Lipinski definition) is 7. The number of nitrogens with zero attached hydrogens (tertiary/aromatic N) is 2. The van der Waals surface area contributed by atoms with Crippen LogP contribution < -0.4 is 14.2 Å². The predicted octanol–water partition coefficient (Wildman–Crippen LogP) is 2.77. The number of methoxy groups -OCH3 is 2. The van der Waals surface area contributed by atoms with Gasteiger partial charge in [0.1, 0.15) is 11.7 Å². The normalized spacial score (nSPS) is 23.9. The van der Waals surface area contributed by atoms with E-state index in [2.05, 4.69) is 0 Å². The Morgan fingerprint density at radius 3 is 2.55 bits per heavy atom. The van der Waals surface area contributed by atoms with Crippen molar-refractivity contribution >= 4 is 23.3 Å². The first kappa shape index (κ1) is 23.4. The van der Waals surface area contributed by atoms with Crippen LogP contribution >= 0.6 is 11.6 Å². The van der Waals surface area contributed by atoms with Gasteiger partial charge < -0.3 is 29.1 Å². The Morgan fingerprint density at radius 1 is 1.15 bits per heavy atom. The molecule has 0 aliphatic carbocycles. The maximum atomic E-state index is 13.7. The smallest absolute Gasteiger partial charge is 0.301 e. The molecule has 1 amide bonds. The summed E-state index contributed by atoms with van der Waals surface area (Å²) in [7, 11) is 6.92. The van der Waals surface area contributed by atoms with Gasteiger partial charge in [0.25, 0.3) is 5.91 Å². The fourth-order valence-corrected chi connectivity index (χ4v) is 4.91. The van der Waals surface area contributed by atoms with Gasteiger partial charge in [0.2, 0.25) is 0 Å². The van der Waals surface area contributed by atoms with Crippen LogP contribution in [0.5, 0.6) is 17.2 Å². The first-order valence-corrected chi connectivity index (χ1v) is 11.0. The van der Waals surface area contributed by atoms with E-state index in [-0.39, 0.29) is 16.3 Å². The van der Waals surface area contributed by atoms with Gasteiger partial charge in [-0.1, -0.05) is 23.7 Å². The molecule has 1 N–H and O–H groups in total. The zero-order valence-electron chi connectivity index (χ0n) is 19.0. The number of amides is 1. The molecule has 0 bridgehead atoms. The minimum atomic E-state index is -2.33. The van der Waals surface area contributed by atoms with Crippen molar-refractivity contribution in [2.45, 2.75) is 18.2 Å². The quantitative estimate of drug-likeness (QED) is 0.660. The van der Waals surface area contributed by atoms with Gasteiger partial charge in [-0.15, -0.1) is 0 Å². The van der Waals surface area contributed by atoms with Crippen LogP contribution in [-0.2, 0) is 4.79 Å². The second-order valence-corrected chi connectivity index (χ2v) is 8.88. The van der Waals surface area contributed by atoms with Crippen molar-refractivity contribution in [3.63, 3.8) is 0 Å². The Balaban J connectivity index is 1.84. The highest BCUT2D eigenvalue weighted by Crippen LogP contribution is 2.52. The maximum absolute atomic E-state index is 13.7. The standard InChI is InChI=1S/C24H27ClN2O6/c1-26(2)11-6-12-27-21(14-9-10-16(31-3)18(13-14)32-4)20-22(28)19-15(25)7-5-8-17(19)33-24(20,30)23(27)29/h5,7-10,13,20-21,30H,6,11-12H2,1-4H3. The molecule has 1 fully saturated rings. The first-order valence-electron chi connectivity index (χ1n) is 10.6. The minimum absolute atomic E-state index is 0.0980. The number of fused-ring (bicyclic) bond motifs is 2. The molecule has 2 aromatic carbocycles. The van der Waals surface area contributed by atoms with Gasteiger partial charge in [-0.2, -0.15) is 0 Å². The van der Waals surface area contributed by atoms with Crippen molar-refractivity contribution in [2.75, 3.05) is 41.4 Å². The lowest BCUT2D eigenvalue weighted by Gasteiger charge is -2.34. The van der Waals surface area contributed by atoms with E-state index >= 15 is 0 Å². The summed E-state index contributed by atoms with van der Waals surface area (Å²) in [6.45, 7) is 1.06. The van der Waals surface area contributed by atoms with Crippen LogP contribution in [0.2, 0.25) is 5.02 Å². The molecule has 2 aromatic rings. The largest absolute Gasteiger partial charge is 0.493 e. The zero-order chi connectivity index (χ0) is 23.9. The molecule has 0 saturated carbocycles. The Labute approximate surface area is 197 Å². The van der Waals surface area contributed by atoms with E-state index < -0.39 is 29.4 Å². The fraction of sp³-hybridized carbons (Fsp3) is 0.417. The van der Waals surface area contributed by atoms with Gasteiger partial charge in [0, 0.05) is 6.54 Å². The number of ether oxygens (including phenoxy) is 3. The summed E-state index contributed by atoms with van der Waals surface area (Å²) in [4.78, 5) is 30.8. The predicted molar refractivity (Wildman–Crippen MR) is 122 cm³/mol. The van der Waals surface area contributed by atoms with E-state index in [4.69, 9.17) is 25.8 Å². The summed E-state index contributed by atoms with van der Waals surface area (Å²) >= 11 is 6.32.